The van der Waals surface area contributed by atoms with Gasteiger partial charge in [0.15, 0.2) is 5.78 Å². The molecule has 154 valence electrons. The van der Waals surface area contributed by atoms with Gasteiger partial charge < -0.3 is 4.90 Å². The molecule has 2 aromatic carbocycles. The van der Waals surface area contributed by atoms with Gasteiger partial charge in [0, 0.05) is 17.9 Å². The second-order valence-electron chi connectivity index (χ2n) is 7.41. The Hall–Kier alpha value is -3.02. The third-order valence-corrected chi connectivity index (χ3v) is 7.30. The van der Waals surface area contributed by atoms with Crippen molar-refractivity contribution in [2.75, 3.05) is 17.7 Å². The molecular weight excluding hydrogens is 426 g/mol. The van der Waals surface area contributed by atoms with Gasteiger partial charge in [-0.25, -0.2) is 9.67 Å². The lowest BCUT2D eigenvalue weighted by molar-refractivity contribution is -0.112. The minimum atomic E-state index is -0.210. The molecule has 31 heavy (non-hydrogen) atoms. The average Bonchev–Trinajstić information content (AvgIpc) is 3.48. The summed E-state index contributed by atoms with van der Waals surface area (Å²) in [4.78, 5) is 20.6. The Morgan fingerprint density at radius 2 is 1.94 bits per heavy atom. The zero-order valence-electron chi connectivity index (χ0n) is 16.9. The van der Waals surface area contributed by atoms with E-state index in [1.807, 2.05) is 71.2 Å². The first-order chi connectivity index (χ1) is 15.2. The maximum Gasteiger partial charge on any atom is 0.209 e. The van der Waals surface area contributed by atoms with Gasteiger partial charge in [-0.1, -0.05) is 53.9 Å². The van der Waals surface area contributed by atoms with Crippen LogP contribution in [-0.4, -0.2) is 33.3 Å². The van der Waals surface area contributed by atoms with Crippen molar-refractivity contribution in [1.82, 2.24) is 14.8 Å². The van der Waals surface area contributed by atoms with Crippen LogP contribution in [0.5, 0.6) is 0 Å². The van der Waals surface area contributed by atoms with E-state index in [9.17, 15) is 10.1 Å². The summed E-state index contributed by atoms with van der Waals surface area (Å²) in [6.45, 7) is 0. The van der Waals surface area contributed by atoms with Crippen LogP contribution in [0.4, 0.5) is 5.69 Å². The van der Waals surface area contributed by atoms with Gasteiger partial charge in [0.05, 0.1) is 17.1 Å². The fourth-order valence-electron chi connectivity index (χ4n) is 3.48. The van der Waals surface area contributed by atoms with Crippen LogP contribution in [0.25, 0.3) is 5.69 Å². The van der Waals surface area contributed by atoms with Gasteiger partial charge in [0.25, 0.3) is 0 Å². The molecule has 0 atom stereocenters. The molecule has 0 N–H and O–H groups in total. The minimum Gasteiger partial charge on any atom is -0.337 e. The number of nitrogens with zero attached hydrogens (tertiary/aromatic N) is 5. The Bertz CT molecular complexity index is 1220. The molecule has 1 aliphatic heterocycles. The van der Waals surface area contributed by atoms with E-state index >= 15 is 0 Å². The van der Waals surface area contributed by atoms with Gasteiger partial charge >= 0.3 is 0 Å². The highest BCUT2D eigenvalue weighted by molar-refractivity contribution is 8.03. The van der Waals surface area contributed by atoms with E-state index < -0.39 is 0 Å². The van der Waals surface area contributed by atoms with Gasteiger partial charge in [0.1, 0.15) is 22.5 Å². The topological polar surface area (TPSA) is 74.8 Å². The molecule has 3 aromatic rings. The molecule has 0 amide bonds. The van der Waals surface area contributed by atoms with Crippen LogP contribution in [0.15, 0.2) is 75.3 Å². The largest absolute Gasteiger partial charge is 0.337 e. The predicted octanol–water partition coefficient (Wildman–Crippen LogP) is 4.78. The number of aromatic nitrogens is 3. The Kier molecular flexibility index (Phi) is 5.30. The molecule has 0 spiro atoms. The number of carbonyl (C=O) groups excluding carboxylic acids is 1. The number of allylic oxidation sites excluding steroid dienone is 1. The Morgan fingerprint density at radius 1 is 1.19 bits per heavy atom. The van der Waals surface area contributed by atoms with Crippen LogP contribution < -0.4 is 4.90 Å². The molecule has 1 aromatic heterocycles. The monoisotopic (exact) mass is 445 g/mol. The lowest BCUT2D eigenvalue weighted by atomic mass is 10.2. The summed E-state index contributed by atoms with van der Waals surface area (Å²) >= 11 is 2.75. The molecule has 2 aliphatic rings. The van der Waals surface area contributed by atoms with Gasteiger partial charge in [0.2, 0.25) is 5.16 Å². The third kappa shape index (κ3) is 3.87. The van der Waals surface area contributed by atoms with Crippen LogP contribution in [-0.2, 0) is 4.79 Å². The van der Waals surface area contributed by atoms with Crippen molar-refractivity contribution < 1.29 is 4.79 Å². The van der Waals surface area contributed by atoms with Crippen molar-refractivity contribution in [2.24, 2.45) is 0 Å². The summed E-state index contributed by atoms with van der Waals surface area (Å²) in [6.07, 6.45) is 2.23. The number of benzene rings is 2. The zero-order valence-corrected chi connectivity index (χ0v) is 18.5. The number of hydrogen-bond donors (Lipinski definition) is 0. The van der Waals surface area contributed by atoms with E-state index in [4.69, 9.17) is 4.98 Å². The number of ketones is 1. The third-order valence-electron chi connectivity index (χ3n) is 5.23. The lowest BCUT2D eigenvalue weighted by Crippen LogP contribution is -2.16. The molecule has 0 unspecified atom stereocenters. The van der Waals surface area contributed by atoms with Crippen molar-refractivity contribution in [3.8, 4) is 11.8 Å². The SMILES string of the molecule is CN1C(=C(C#N)C(=O)CSc2nc(C3CC3)n(-c3ccccc3)n2)Sc2ccccc21. The molecule has 0 bridgehead atoms. The van der Waals surface area contributed by atoms with Gasteiger partial charge in [-0.15, -0.1) is 5.10 Å². The van der Waals surface area contributed by atoms with Crippen molar-refractivity contribution in [3.05, 3.63) is 71.0 Å². The maximum absolute atomic E-state index is 12.9. The first-order valence-electron chi connectivity index (χ1n) is 9.99. The molecule has 0 radical (unpaired) electrons. The highest BCUT2D eigenvalue weighted by Gasteiger charge is 2.31. The van der Waals surface area contributed by atoms with Gasteiger partial charge in [-0.2, -0.15) is 5.26 Å². The normalized spacial score (nSPS) is 16.7. The quantitative estimate of drug-likeness (QED) is 0.307. The molecule has 0 saturated heterocycles. The fourth-order valence-corrected chi connectivity index (χ4v) is 5.35. The van der Waals surface area contributed by atoms with E-state index in [1.54, 1.807) is 0 Å². The second kappa shape index (κ2) is 8.25. The van der Waals surface area contributed by atoms with Crippen molar-refractivity contribution in [3.63, 3.8) is 0 Å². The number of rotatable bonds is 6. The smallest absolute Gasteiger partial charge is 0.209 e. The highest BCUT2D eigenvalue weighted by atomic mass is 32.2. The second-order valence-corrected chi connectivity index (χ2v) is 9.38. The molecule has 1 saturated carbocycles. The average molecular weight is 446 g/mol. The number of Topliss-reactive ketones (excluding diaryl/α,β-unsaturated/α-hetero) is 1. The van der Waals surface area contributed by atoms with Gasteiger partial charge in [-0.05, 0) is 37.1 Å². The maximum atomic E-state index is 12.9. The summed E-state index contributed by atoms with van der Waals surface area (Å²) in [6, 6.07) is 19.9. The molecule has 2 heterocycles. The Labute approximate surface area is 189 Å². The molecule has 5 rings (SSSR count). The van der Waals surface area contributed by atoms with E-state index in [0.29, 0.717) is 16.1 Å². The fraction of sp³-hybridized carbons (Fsp3) is 0.217. The number of nitriles is 1. The van der Waals surface area contributed by atoms with Crippen molar-refractivity contribution >= 4 is 35.0 Å². The van der Waals surface area contributed by atoms with Crippen LogP contribution >= 0.6 is 23.5 Å². The number of fused-ring (bicyclic) bond motifs is 1. The minimum absolute atomic E-state index is 0.125. The Balaban J connectivity index is 1.36. The number of para-hydroxylation sites is 2. The summed E-state index contributed by atoms with van der Waals surface area (Å²) < 4.78 is 1.88. The summed E-state index contributed by atoms with van der Waals surface area (Å²) in [7, 11) is 1.89. The van der Waals surface area contributed by atoms with E-state index in [-0.39, 0.29) is 17.1 Å². The molecule has 1 aliphatic carbocycles. The number of thioether (sulfide) groups is 2. The predicted molar refractivity (Wildman–Crippen MR) is 122 cm³/mol. The molecule has 8 heteroatoms. The van der Waals surface area contributed by atoms with Crippen molar-refractivity contribution in [2.45, 2.75) is 28.8 Å². The zero-order chi connectivity index (χ0) is 21.4. The van der Waals surface area contributed by atoms with E-state index in [1.165, 1.54) is 23.5 Å². The van der Waals surface area contributed by atoms with E-state index in [0.717, 1.165) is 34.9 Å². The first kappa shape index (κ1) is 19.9. The van der Waals surface area contributed by atoms with Crippen molar-refractivity contribution in [1.29, 1.82) is 5.26 Å². The molecular formula is C23H19N5OS2. The molecule has 6 nitrogen and oxygen atoms in total. The number of hydrogen-bond acceptors (Lipinski definition) is 7. The summed E-state index contributed by atoms with van der Waals surface area (Å²) in [5.41, 5.74) is 2.16. The standard InChI is InChI=1S/C23H19N5OS2/c1-27-18-9-5-6-10-20(18)31-22(27)17(13-24)19(29)14-30-23-25-21(15-11-12-15)28(26-23)16-7-3-2-4-8-16/h2-10,15H,11-12,14H2,1H3. The highest BCUT2D eigenvalue weighted by Crippen LogP contribution is 2.46. The Morgan fingerprint density at radius 3 is 2.65 bits per heavy atom. The van der Waals surface area contributed by atoms with E-state index in [2.05, 4.69) is 11.2 Å². The molecule has 1 fully saturated rings. The first-order valence-corrected chi connectivity index (χ1v) is 11.8. The van der Waals surface area contributed by atoms with Crippen LogP contribution in [0, 0.1) is 11.3 Å². The van der Waals surface area contributed by atoms with Crippen LogP contribution in [0.3, 0.4) is 0 Å². The number of anilines is 1. The van der Waals surface area contributed by atoms with Crippen LogP contribution in [0.1, 0.15) is 24.6 Å². The number of carbonyl (C=O) groups is 1. The van der Waals surface area contributed by atoms with Crippen LogP contribution in [0.2, 0.25) is 0 Å². The summed E-state index contributed by atoms with van der Waals surface area (Å²) in [5, 5.41) is 15.6. The van der Waals surface area contributed by atoms with Gasteiger partial charge in [-0.3, -0.25) is 4.79 Å². The lowest BCUT2D eigenvalue weighted by Gasteiger charge is -2.14. The summed E-state index contributed by atoms with van der Waals surface area (Å²) in [5.74, 6) is 1.29.